The van der Waals surface area contributed by atoms with Crippen molar-refractivity contribution in [1.29, 1.82) is 0 Å². The standard InChI is InChI=1S/C14H17FNO2PS/c1-20-14(19(17)7-3-2-6-18-19)12-9-16-13-5-4-10(15)8-11(12)13/h4-5,8-9,14,16H,2-3,6-7H2,1H3. The van der Waals surface area contributed by atoms with Crippen LogP contribution in [0.1, 0.15) is 23.4 Å². The number of thioether (sulfide) groups is 1. The molecule has 3 rings (SSSR count). The summed E-state index contributed by atoms with van der Waals surface area (Å²) in [6.07, 6.45) is 6.28. The summed E-state index contributed by atoms with van der Waals surface area (Å²) in [4.78, 5) is 2.91. The van der Waals surface area contributed by atoms with E-state index in [1.54, 1.807) is 6.07 Å². The van der Waals surface area contributed by atoms with E-state index in [1.165, 1.54) is 23.9 Å². The molecule has 2 atom stereocenters. The third kappa shape index (κ3) is 2.43. The van der Waals surface area contributed by atoms with Crippen LogP contribution in [-0.4, -0.2) is 24.0 Å². The van der Waals surface area contributed by atoms with Gasteiger partial charge in [-0.05, 0) is 37.3 Å². The lowest BCUT2D eigenvalue weighted by molar-refractivity contribution is 0.285. The Labute approximate surface area is 121 Å². The van der Waals surface area contributed by atoms with Crippen LogP contribution in [0.3, 0.4) is 0 Å². The Morgan fingerprint density at radius 2 is 2.30 bits per heavy atom. The number of H-pyrrole nitrogens is 1. The molecule has 1 aliphatic rings. The topological polar surface area (TPSA) is 42.1 Å². The summed E-state index contributed by atoms with van der Waals surface area (Å²) in [6.45, 7) is 0.561. The van der Waals surface area contributed by atoms with Crippen LogP contribution in [0.5, 0.6) is 0 Å². The van der Waals surface area contributed by atoms with Crippen molar-refractivity contribution in [3.63, 3.8) is 0 Å². The van der Waals surface area contributed by atoms with E-state index in [1.807, 2.05) is 12.5 Å². The monoisotopic (exact) mass is 313 g/mol. The van der Waals surface area contributed by atoms with Gasteiger partial charge < -0.3 is 9.51 Å². The summed E-state index contributed by atoms with van der Waals surface area (Å²) < 4.78 is 32.2. The second-order valence-electron chi connectivity index (χ2n) is 5.01. The number of rotatable bonds is 3. The van der Waals surface area contributed by atoms with Crippen LogP contribution in [0, 0.1) is 5.82 Å². The van der Waals surface area contributed by atoms with Crippen molar-refractivity contribution in [3.8, 4) is 0 Å². The van der Waals surface area contributed by atoms with Gasteiger partial charge in [-0.1, -0.05) is 0 Å². The number of nitrogens with one attached hydrogen (secondary N) is 1. The van der Waals surface area contributed by atoms with Gasteiger partial charge in [0.05, 0.1) is 6.61 Å². The molecule has 0 spiro atoms. The first-order valence-electron chi connectivity index (χ1n) is 6.67. The quantitative estimate of drug-likeness (QED) is 0.831. The van der Waals surface area contributed by atoms with E-state index in [-0.39, 0.29) is 10.8 Å². The molecule has 1 aliphatic heterocycles. The largest absolute Gasteiger partial charge is 0.361 e. The number of aromatic nitrogens is 1. The second-order valence-corrected chi connectivity index (χ2v) is 8.98. The van der Waals surface area contributed by atoms with Gasteiger partial charge >= 0.3 is 0 Å². The summed E-state index contributed by atoms with van der Waals surface area (Å²) in [5.74, 6) is -0.277. The van der Waals surface area contributed by atoms with Crippen LogP contribution < -0.4 is 0 Å². The van der Waals surface area contributed by atoms with E-state index < -0.39 is 7.37 Å². The number of halogens is 1. The summed E-state index contributed by atoms with van der Waals surface area (Å²) in [5.41, 5.74) is 1.75. The predicted octanol–water partition coefficient (Wildman–Crippen LogP) is 4.76. The highest BCUT2D eigenvalue weighted by Crippen LogP contribution is 2.66. The molecular formula is C14H17FNO2PS. The molecule has 1 aromatic heterocycles. The molecule has 6 heteroatoms. The molecule has 2 heterocycles. The minimum absolute atomic E-state index is 0.224. The third-order valence-corrected chi connectivity index (χ3v) is 8.54. The first-order chi connectivity index (χ1) is 9.64. The van der Waals surface area contributed by atoms with Crippen LogP contribution >= 0.6 is 19.1 Å². The highest BCUT2D eigenvalue weighted by molar-refractivity contribution is 8.04. The predicted molar refractivity (Wildman–Crippen MR) is 82.2 cm³/mol. The molecule has 0 bridgehead atoms. The average Bonchev–Trinajstić information content (AvgIpc) is 2.83. The van der Waals surface area contributed by atoms with E-state index in [9.17, 15) is 8.96 Å². The molecule has 0 radical (unpaired) electrons. The van der Waals surface area contributed by atoms with Gasteiger partial charge in [-0.2, -0.15) is 0 Å². The van der Waals surface area contributed by atoms with Crippen molar-refractivity contribution in [3.05, 3.63) is 35.8 Å². The maximum absolute atomic E-state index is 13.5. The van der Waals surface area contributed by atoms with Gasteiger partial charge in [0.2, 0.25) is 7.37 Å². The van der Waals surface area contributed by atoms with Crippen molar-refractivity contribution < 1.29 is 13.5 Å². The molecule has 2 aromatic rings. The molecule has 108 valence electrons. The van der Waals surface area contributed by atoms with Gasteiger partial charge in [-0.3, -0.25) is 4.57 Å². The zero-order chi connectivity index (χ0) is 14.2. The zero-order valence-corrected chi connectivity index (χ0v) is 13.0. The molecule has 1 saturated heterocycles. The third-order valence-electron chi connectivity index (χ3n) is 3.70. The Balaban J connectivity index is 2.07. The Kier molecular flexibility index (Phi) is 3.93. The van der Waals surface area contributed by atoms with Gasteiger partial charge in [0.15, 0.2) is 0 Å². The fraction of sp³-hybridized carbons (Fsp3) is 0.429. The normalized spacial score (nSPS) is 24.9. The molecule has 1 aromatic carbocycles. The van der Waals surface area contributed by atoms with Crippen molar-refractivity contribution in [2.45, 2.75) is 17.8 Å². The maximum Gasteiger partial charge on any atom is 0.220 e. The van der Waals surface area contributed by atoms with Crippen molar-refractivity contribution in [2.75, 3.05) is 19.0 Å². The number of hydrogen-bond acceptors (Lipinski definition) is 3. The Hall–Kier alpha value is -0.770. The fourth-order valence-corrected chi connectivity index (χ4v) is 7.19. The van der Waals surface area contributed by atoms with Crippen molar-refractivity contribution >= 4 is 30.0 Å². The van der Waals surface area contributed by atoms with E-state index in [0.29, 0.717) is 12.8 Å². The highest BCUT2D eigenvalue weighted by Gasteiger charge is 2.37. The summed E-state index contributed by atoms with van der Waals surface area (Å²) in [7, 11) is -2.71. The summed E-state index contributed by atoms with van der Waals surface area (Å²) in [5, 5.41) is 0.800. The van der Waals surface area contributed by atoms with Crippen molar-refractivity contribution in [1.82, 2.24) is 4.98 Å². The van der Waals surface area contributed by atoms with E-state index in [0.717, 1.165) is 29.3 Å². The van der Waals surface area contributed by atoms with Gasteiger partial charge in [0.1, 0.15) is 10.8 Å². The molecule has 0 saturated carbocycles. The lowest BCUT2D eigenvalue weighted by atomic mass is 10.2. The van der Waals surface area contributed by atoms with Crippen LogP contribution in [-0.2, 0) is 9.09 Å². The van der Waals surface area contributed by atoms with Crippen LogP contribution in [0.25, 0.3) is 10.9 Å². The molecule has 2 unspecified atom stereocenters. The second kappa shape index (κ2) is 5.55. The fourth-order valence-electron chi connectivity index (χ4n) is 2.72. The smallest absolute Gasteiger partial charge is 0.220 e. The van der Waals surface area contributed by atoms with Crippen LogP contribution in [0.2, 0.25) is 0 Å². The highest BCUT2D eigenvalue weighted by atomic mass is 32.2. The number of fused-ring (bicyclic) bond motifs is 1. The van der Waals surface area contributed by atoms with E-state index >= 15 is 0 Å². The zero-order valence-electron chi connectivity index (χ0n) is 11.3. The van der Waals surface area contributed by atoms with Gasteiger partial charge in [-0.25, -0.2) is 4.39 Å². The molecule has 1 fully saturated rings. The Morgan fingerprint density at radius 1 is 1.45 bits per heavy atom. The molecular weight excluding hydrogens is 296 g/mol. The molecule has 20 heavy (non-hydrogen) atoms. The van der Waals surface area contributed by atoms with Crippen molar-refractivity contribution in [2.24, 2.45) is 0 Å². The summed E-state index contributed by atoms with van der Waals surface area (Å²) in [6, 6.07) is 4.64. The van der Waals surface area contributed by atoms with E-state index in [2.05, 4.69) is 4.98 Å². The average molecular weight is 313 g/mol. The first-order valence-corrected chi connectivity index (χ1v) is 9.83. The number of benzene rings is 1. The lowest BCUT2D eigenvalue weighted by Gasteiger charge is -2.29. The van der Waals surface area contributed by atoms with Crippen LogP contribution in [0.4, 0.5) is 4.39 Å². The van der Waals surface area contributed by atoms with Gasteiger partial charge in [-0.15, -0.1) is 11.8 Å². The Bertz CT molecular complexity index is 662. The minimum atomic E-state index is -2.71. The Morgan fingerprint density at radius 3 is 3.00 bits per heavy atom. The first kappa shape index (κ1) is 14.2. The molecule has 0 amide bonds. The molecule has 0 aliphatic carbocycles. The summed E-state index contributed by atoms with van der Waals surface area (Å²) >= 11 is 1.52. The van der Waals surface area contributed by atoms with E-state index in [4.69, 9.17) is 4.52 Å². The molecule has 3 nitrogen and oxygen atoms in total. The lowest BCUT2D eigenvalue weighted by Crippen LogP contribution is -2.10. The maximum atomic E-state index is 13.5. The number of hydrogen-bond donors (Lipinski definition) is 1. The molecule has 1 N–H and O–H groups in total. The van der Waals surface area contributed by atoms with Gasteiger partial charge in [0.25, 0.3) is 0 Å². The van der Waals surface area contributed by atoms with Gasteiger partial charge in [0, 0.05) is 28.8 Å². The van der Waals surface area contributed by atoms with Crippen LogP contribution in [0.15, 0.2) is 24.4 Å². The minimum Gasteiger partial charge on any atom is -0.361 e. The number of aromatic amines is 1. The SMILES string of the molecule is CSC(c1c[nH]c2ccc(F)cc12)P1(=O)CCCCO1.